The van der Waals surface area contributed by atoms with E-state index in [1.54, 1.807) is 0 Å². The lowest BCUT2D eigenvalue weighted by Crippen LogP contribution is -1.90. The molecule has 0 amide bonds. The van der Waals surface area contributed by atoms with Crippen molar-refractivity contribution < 1.29 is 0 Å². The van der Waals surface area contributed by atoms with Crippen LogP contribution < -0.4 is 0 Å². The molecule has 0 aliphatic rings. The number of para-hydroxylation sites is 1. The van der Waals surface area contributed by atoms with Crippen LogP contribution in [0.2, 0.25) is 0 Å². The minimum atomic E-state index is 1.02. The average Bonchev–Trinajstić information content (AvgIpc) is 2.68. The van der Waals surface area contributed by atoms with Crippen LogP contribution in [0.4, 0.5) is 0 Å². The maximum atomic E-state index is 4.89. The molecule has 0 saturated carbocycles. The Bertz CT molecular complexity index is 970. The summed E-state index contributed by atoms with van der Waals surface area (Å²) < 4.78 is 0. The molecule has 0 aliphatic carbocycles. The molecular weight excluding hydrogens is 290 g/mol. The second-order valence-corrected chi connectivity index (χ2v) is 5.99. The van der Waals surface area contributed by atoms with Gasteiger partial charge in [0.25, 0.3) is 0 Å². The monoisotopic (exact) mass is 309 g/mol. The number of hydrogen-bond acceptors (Lipinski definition) is 1. The first kappa shape index (κ1) is 14.6. The molecular formula is C23H19N. The fourth-order valence-corrected chi connectivity index (χ4v) is 3.09. The zero-order valence-electron chi connectivity index (χ0n) is 13.7. The van der Waals surface area contributed by atoms with Gasteiger partial charge >= 0.3 is 0 Å². The van der Waals surface area contributed by atoms with Crippen molar-refractivity contribution in [2.75, 3.05) is 0 Å². The molecule has 0 saturated heterocycles. The van der Waals surface area contributed by atoms with Crippen LogP contribution in [0.1, 0.15) is 12.5 Å². The summed E-state index contributed by atoms with van der Waals surface area (Å²) in [4.78, 5) is 4.89. The van der Waals surface area contributed by atoms with E-state index in [1.807, 2.05) is 6.07 Å². The molecule has 116 valence electrons. The molecule has 1 heteroatoms. The summed E-state index contributed by atoms with van der Waals surface area (Å²) in [7, 11) is 0. The fraction of sp³-hybridized carbons (Fsp3) is 0.0870. The number of rotatable bonds is 3. The van der Waals surface area contributed by atoms with Crippen molar-refractivity contribution in [1.82, 2.24) is 4.98 Å². The molecule has 4 aromatic rings. The van der Waals surface area contributed by atoms with Crippen LogP contribution in [0.5, 0.6) is 0 Å². The molecule has 0 N–H and O–H groups in total. The minimum Gasteiger partial charge on any atom is -0.248 e. The quantitative estimate of drug-likeness (QED) is 0.443. The summed E-state index contributed by atoms with van der Waals surface area (Å²) in [6.07, 6.45) is 1.06. The van der Waals surface area contributed by atoms with E-state index in [9.17, 15) is 0 Å². The normalized spacial score (nSPS) is 10.9. The largest absolute Gasteiger partial charge is 0.248 e. The molecule has 3 aromatic carbocycles. The van der Waals surface area contributed by atoms with Crippen molar-refractivity contribution in [2.24, 2.45) is 0 Å². The summed E-state index contributed by atoms with van der Waals surface area (Å²) >= 11 is 0. The smallest absolute Gasteiger partial charge is 0.0715 e. The summed E-state index contributed by atoms with van der Waals surface area (Å²) in [6.45, 7) is 2.18. The molecule has 4 rings (SSSR count). The van der Waals surface area contributed by atoms with Crippen LogP contribution in [-0.4, -0.2) is 4.98 Å². The minimum absolute atomic E-state index is 1.02. The van der Waals surface area contributed by atoms with Crippen molar-refractivity contribution in [1.29, 1.82) is 0 Å². The van der Waals surface area contributed by atoms with Crippen LogP contribution in [0.25, 0.3) is 33.3 Å². The number of benzene rings is 3. The first-order valence-corrected chi connectivity index (χ1v) is 8.39. The van der Waals surface area contributed by atoms with E-state index in [-0.39, 0.29) is 0 Å². The number of aryl methyl sites for hydroxylation is 1. The van der Waals surface area contributed by atoms with Gasteiger partial charge in [0.15, 0.2) is 0 Å². The van der Waals surface area contributed by atoms with Gasteiger partial charge in [-0.25, -0.2) is 4.98 Å². The average molecular weight is 309 g/mol. The summed E-state index contributed by atoms with van der Waals surface area (Å²) in [5.41, 5.74) is 7.03. The highest BCUT2D eigenvalue weighted by atomic mass is 14.7. The lowest BCUT2D eigenvalue weighted by Gasteiger charge is -2.10. The first-order valence-electron chi connectivity index (χ1n) is 8.39. The van der Waals surface area contributed by atoms with Crippen LogP contribution in [0.15, 0.2) is 84.9 Å². The third-order valence-corrected chi connectivity index (χ3v) is 4.46. The Hall–Kier alpha value is -2.93. The molecule has 0 aliphatic heterocycles. The predicted octanol–water partition coefficient (Wildman–Crippen LogP) is 6.13. The fourth-order valence-electron chi connectivity index (χ4n) is 3.09. The molecule has 1 nitrogen and oxygen atoms in total. The molecule has 1 heterocycles. The van der Waals surface area contributed by atoms with Gasteiger partial charge in [0.1, 0.15) is 0 Å². The summed E-state index contributed by atoms with van der Waals surface area (Å²) in [5, 5.41) is 1.19. The molecule has 1 aromatic heterocycles. The van der Waals surface area contributed by atoms with Crippen LogP contribution >= 0.6 is 0 Å². The van der Waals surface area contributed by atoms with Gasteiger partial charge in [-0.1, -0.05) is 79.7 Å². The van der Waals surface area contributed by atoms with Gasteiger partial charge in [-0.05, 0) is 35.2 Å². The second-order valence-electron chi connectivity index (χ2n) is 5.99. The molecule has 24 heavy (non-hydrogen) atoms. The van der Waals surface area contributed by atoms with Gasteiger partial charge in [0.05, 0.1) is 11.2 Å². The molecule has 0 fully saturated rings. The number of pyridine rings is 1. The van der Waals surface area contributed by atoms with Crippen LogP contribution in [0.3, 0.4) is 0 Å². The highest BCUT2D eigenvalue weighted by molar-refractivity contribution is 5.96. The molecule has 0 radical (unpaired) electrons. The summed E-state index contributed by atoms with van der Waals surface area (Å²) in [6, 6.07) is 29.8. The topological polar surface area (TPSA) is 12.9 Å². The van der Waals surface area contributed by atoms with E-state index in [0.717, 1.165) is 23.2 Å². The highest BCUT2D eigenvalue weighted by Crippen LogP contribution is 2.32. The van der Waals surface area contributed by atoms with E-state index < -0.39 is 0 Å². The number of nitrogens with zero attached hydrogens (tertiary/aromatic N) is 1. The highest BCUT2D eigenvalue weighted by Gasteiger charge is 2.09. The zero-order chi connectivity index (χ0) is 16.4. The third-order valence-electron chi connectivity index (χ3n) is 4.46. The zero-order valence-corrected chi connectivity index (χ0v) is 13.7. The molecule has 0 spiro atoms. The summed E-state index contributed by atoms with van der Waals surface area (Å²) in [5.74, 6) is 0. The van der Waals surface area contributed by atoms with Crippen LogP contribution in [0, 0.1) is 0 Å². The van der Waals surface area contributed by atoms with Gasteiger partial charge in [-0.3, -0.25) is 0 Å². The van der Waals surface area contributed by atoms with Gasteiger partial charge < -0.3 is 0 Å². The number of aromatic nitrogens is 1. The lowest BCUT2D eigenvalue weighted by atomic mass is 9.98. The SMILES string of the molecule is CCc1ccc(-c2cc(-c3ccccc3)c3ccccc3n2)cc1. The Morgan fingerprint density at radius 1 is 0.708 bits per heavy atom. The van der Waals surface area contributed by atoms with Crippen LogP contribution in [-0.2, 0) is 6.42 Å². The van der Waals surface area contributed by atoms with Crippen molar-refractivity contribution in [2.45, 2.75) is 13.3 Å². The van der Waals surface area contributed by atoms with Crippen molar-refractivity contribution in [3.05, 3.63) is 90.5 Å². The van der Waals surface area contributed by atoms with Crippen molar-refractivity contribution in [3.8, 4) is 22.4 Å². The van der Waals surface area contributed by atoms with E-state index in [1.165, 1.54) is 22.1 Å². The van der Waals surface area contributed by atoms with Crippen molar-refractivity contribution >= 4 is 10.9 Å². The molecule has 0 atom stereocenters. The first-order chi connectivity index (χ1) is 11.8. The van der Waals surface area contributed by atoms with Gasteiger partial charge in [0.2, 0.25) is 0 Å². The third kappa shape index (κ3) is 2.69. The Balaban J connectivity index is 1.94. The Morgan fingerprint density at radius 2 is 1.42 bits per heavy atom. The van der Waals surface area contributed by atoms with E-state index in [0.29, 0.717) is 0 Å². The van der Waals surface area contributed by atoms with Crippen molar-refractivity contribution in [3.63, 3.8) is 0 Å². The van der Waals surface area contributed by atoms with E-state index in [2.05, 4.69) is 85.8 Å². The molecule has 0 bridgehead atoms. The Morgan fingerprint density at radius 3 is 2.17 bits per heavy atom. The predicted molar refractivity (Wildman–Crippen MR) is 102 cm³/mol. The Labute approximate surface area is 142 Å². The second kappa shape index (κ2) is 6.29. The Kier molecular flexibility index (Phi) is 3.84. The standard InChI is InChI=1S/C23H19N/c1-2-17-12-14-19(15-13-17)23-16-21(18-8-4-3-5-9-18)20-10-6-7-11-22(20)24-23/h3-16H,2H2,1H3. The number of fused-ring (bicyclic) bond motifs is 1. The number of hydrogen-bond donors (Lipinski definition) is 0. The lowest BCUT2D eigenvalue weighted by molar-refractivity contribution is 1.14. The maximum absolute atomic E-state index is 4.89. The van der Waals surface area contributed by atoms with Gasteiger partial charge in [-0.15, -0.1) is 0 Å². The molecule has 0 unspecified atom stereocenters. The maximum Gasteiger partial charge on any atom is 0.0715 e. The van der Waals surface area contributed by atoms with E-state index in [4.69, 9.17) is 4.98 Å². The van der Waals surface area contributed by atoms with E-state index >= 15 is 0 Å². The van der Waals surface area contributed by atoms with Gasteiger partial charge in [0, 0.05) is 10.9 Å². The van der Waals surface area contributed by atoms with Gasteiger partial charge in [-0.2, -0.15) is 0 Å².